The number of carbonyl (C=O) groups excluding carboxylic acids is 1. The van der Waals surface area contributed by atoms with Crippen LogP contribution in [0.15, 0.2) is 52.3 Å². The van der Waals surface area contributed by atoms with Gasteiger partial charge in [-0.25, -0.2) is 4.98 Å². The first-order valence-corrected chi connectivity index (χ1v) is 10.7. The van der Waals surface area contributed by atoms with Crippen molar-refractivity contribution in [1.82, 2.24) is 14.8 Å². The Bertz CT molecular complexity index is 1450. The van der Waals surface area contributed by atoms with E-state index in [4.69, 9.17) is 4.74 Å². The Hall–Kier alpha value is -4.12. The minimum Gasteiger partial charge on any atom is -0.469 e. The predicted octanol–water partition coefficient (Wildman–Crippen LogP) is 3.85. The lowest BCUT2D eigenvalue weighted by atomic mass is 10.1. The molecule has 0 radical (unpaired) electrons. The molecule has 0 saturated heterocycles. The number of para-hydroxylation sites is 1. The third-order valence-corrected chi connectivity index (χ3v) is 6.06. The number of non-ortho nitro benzene ring substituents is 1. The fourth-order valence-electron chi connectivity index (χ4n) is 3.36. The third-order valence-electron chi connectivity index (χ3n) is 5.04. The largest absolute Gasteiger partial charge is 0.469 e. The Labute approximate surface area is 191 Å². The molecule has 2 aromatic carbocycles. The second kappa shape index (κ2) is 8.79. The van der Waals surface area contributed by atoms with Gasteiger partial charge < -0.3 is 4.74 Å². The third kappa shape index (κ3) is 4.30. The molecule has 33 heavy (non-hydrogen) atoms. The highest BCUT2D eigenvalue weighted by molar-refractivity contribution is 7.20. The van der Waals surface area contributed by atoms with E-state index >= 15 is 0 Å². The smallest absolute Gasteiger partial charge is 0.311 e. The van der Waals surface area contributed by atoms with Crippen LogP contribution in [0, 0.1) is 17.0 Å². The van der Waals surface area contributed by atoms with E-state index < -0.39 is 16.5 Å². The van der Waals surface area contributed by atoms with Gasteiger partial charge in [-0.2, -0.15) is 4.68 Å². The zero-order chi connectivity index (χ0) is 23.7. The Kier molecular flexibility index (Phi) is 5.88. The summed E-state index contributed by atoms with van der Waals surface area (Å²) >= 11 is 1.32. The molecular weight excluding hydrogens is 446 g/mol. The molecule has 0 amide bonds. The van der Waals surface area contributed by atoms with Gasteiger partial charge in [-0.05, 0) is 31.5 Å². The number of rotatable bonds is 6. The highest BCUT2D eigenvalue weighted by Crippen LogP contribution is 2.26. The van der Waals surface area contributed by atoms with Crippen molar-refractivity contribution in [2.24, 2.45) is 4.99 Å². The number of hydrogen-bond acceptors (Lipinski definition) is 8. The number of esters is 1. The van der Waals surface area contributed by atoms with Crippen molar-refractivity contribution in [3.63, 3.8) is 0 Å². The lowest BCUT2D eigenvalue weighted by Gasteiger charge is -2.04. The Morgan fingerprint density at radius 2 is 2.06 bits per heavy atom. The zero-order valence-electron chi connectivity index (χ0n) is 18.0. The maximum absolute atomic E-state index is 13.4. The van der Waals surface area contributed by atoms with Gasteiger partial charge >= 0.3 is 5.97 Å². The number of nitrogens with zero attached hydrogens (tertiary/aromatic N) is 4. The van der Waals surface area contributed by atoms with Crippen LogP contribution in [-0.2, 0) is 16.0 Å². The van der Waals surface area contributed by atoms with Crippen molar-refractivity contribution in [3.05, 3.63) is 79.8 Å². The number of nitro benzene ring substituents is 1. The minimum absolute atomic E-state index is 0.108. The average molecular weight is 465 g/mol. The van der Waals surface area contributed by atoms with Crippen molar-refractivity contribution in [2.75, 3.05) is 7.11 Å². The Balaban J connectivity index is 1.87. The minimum atomic E-state index is -0.534. The number of aromatic amines is 1. The number of aliphatic imine (C=N–C) groups is 1. The van der Waals surface area contributed by atoms with E-state index in [1.807, 2.05) is 24.3 Å². The average Bonchev–Trinajstić information content (AvgIpc) is 3.35. The number of nitrogens with one attached hydrogen (secondary N) is 1. The summed E-state index contributed by atoms with van der Waals surface area (Å²) in [4.78, 5) is 45.0. The summed E-state index contributed by atoms with van der Waals surface area (Å²) in [6, 6.07) is 11.8. The molecule has 2 heterocycles. The van der Waals surface area contributed by atoms with Crippen molar-refractivity contribution >= 4 is 44.6 Å². The maximum atomic E-state index is 13.4. The fraction of sp³-hybridized carbons (Fsp3) is 0.182. The molecule has 0 fully saturated rings. The molecule has 0 bridgehead atoms. The molecule has 2 aromatic heterocycles. The molecule has 1 N–H and O–H groups in total. The normalized spacial score (nSPS) is 11.7. The van der Waals surface area contributed by atoms with Crippen molar-refractivity contribution in [1.29, 1.82) is 0 Å². The lowest BCUT2D eigenvalue weighted by molar-refractivity contribution is -0.384. The number of aromatic nitrogens is 3. The van der Waals surface area contributed by atoms with E-state index in [2.05, 4.69) is 15.1 Å². The molecule has 0 aliphatic rings. The number of ether oxygens (including phenoxy) is 1. The predicted molar refractivity (Wildman–Crippen MR) is 125 cm³/mol. The van der Waals surface area contributed by atoms with Crippen molar-refractivity contribution in [3.8, 4) is 5.13 Å². The van der Waals surface area contributed by atoms with Gasteiger partial charge in [0.1, 0.15) is 0 Å². The summed E-state index contributed by atoms with van der Waals surface area (Å²) < 4.78 is 6.95. The van der Waals surface area contributed by atoms with E-state index in [-0.39, 0.29) is 17.7 Å². The highest BCUT2D eigenvalue weighted by Gasteiger charge is 2.22. The van der Waals surface area contributed by atoms with Crippen molar-refractivity contribution in [2.45, 2.75) is 20.3 Å². The second-order valence-electron chi connectivity index (χ2n) is 7.25. The number of H-pyrrole nitrogens is 1. The number of fused-ring (bicyclic) bond motifs is 1. The van der Waals surface area contributed by atoms with Crippen LogP contribution in [-0.4, -0.2) is 38.5 Å². The number of methoxy groups -OCH3 is 1. The number of carbonyl (C=O) groups is 1. The van der Waals surface area contributed by atoms with Crippen LogP contribution < -0.4 is 5.56 Å². The molecular formula is C22H19N5O5S. The van der Waals surface area contributed by atoms with Crippen LogP contribution in [0.2, 0.25) is 0 Å². The number of benzene rings is 2. The monoisotopic (exact) mass is 465 g/mol. The van der Waals surface area contributed by atoms with Gasteiger partial charge in [0.25, 0.3) is 11.2 Å². The van der Waals surface area contributed by atoms with E-state index in [1.165, 1.54) is 35.3 Å². The molecule has 168 valence electrons. The summed E-state index contributed by atoms with van der Waals surface area (Å²) in [6.45, 7) is 3.38. The molecule has 0 atom stereocenters. The van der Waals surface area contributed by atoms with Gasteiger partial charge in [-0.15, -0.1) is 0 Å². The van der Waals surface area contributed by atoms with Crippen LogP contribution in [0.5, 0.6) is 0 Å². The van der Waals surface area contributed by atoms with E-state index in [0.717, 1.165) is 10.2 Å². The summed E-state index contributed by atoms with van der Waals surface area (Å²) in [5, 5.41) is 14.5. The summed E-state index contributed by atoms with van der Waals surface area (Å²) in [7, 11) is 1.26. The van der Waals surface area contributed by atoms with E-state index in [0.29, 0.717) is 27.8 Å². The van der Waals surface area contributed by atoms with Crippen LogP contribution in [0.4, 0.5) is 11.4 Å². The summed E-state index contributed by atoms with van der Waals surface area (Å²) in [5.74, 6) is -0.534. The maximum Gasteiger partial charge on any atom is 0.311 e. The van der Waals surface area contributed by atoms with Gasteiger partial charge in [0.15, 0.2) is 0 Å². The molecule has 4 rings (SSSR count). The molecule has 11 heteroatoms. The summed E-state index contributed by atoms with van der Waals surface area (Å²) in [6.07, 6.45) is -0.181. The molecule has 0 saturated carbocycles. The topological polar surface area (TPSA) is 132 Å². The van der Waals surface area contributed by atoms with Gasteiger partial charge in [0.05, 0.1) is 51.3 Å². The molecule has 4 aromatic rings. The number of nitro groups is 1. The molecule has 0 spiro atoms. The van der Waals surface area contributed by atoms with Gasteiger partial charge in [0, 0.05) is 12.1 Å². The van der Waals surface area contributed by atoms with Gasteiger partial charge in [-0.3, -0.25) is 29.8 Å². The number of hydrogen-bond donors (Lipinski definition) is 1. The SMILES string of the molecule is COC(=O)Cc1[nH]n(-c2nc3ccccc3s2)c(=O)c1C(C)=Nc1cc([N+](=O)[O-])ccc1C. The molecule has 0 unspecified atom stereocenters. The summed E-state index contributed by atoms with van der Waals surface area (Å²) in [5.41, 5.74) is 2.07. The van der Waals surface area contributed by atoms with E-state index in [9.17, 15) is 19.7 Å². The Morgan fingerprint density at radius 3 is 2.76 bits per heavy atom. The lowest BCUT2D eigenvalue weighted by Crippen LogP contribution is -2.20. The van der Waals surface area contributed by atoms with Crippen LogP contribution in [0.25, 0.3) is 15.3 Å². The Morgan fingerprint density at radius 1 is 1.30 bits per heavy atom. The quantitative estimate of drug-likeness (QED) is 0.199. The van der Waals surface area contributed by atoms with Crippen LogP contribution >= 0.6 is 11.3 Å². The number of thiazole rings is 1. The van der Waals surface area contributed by atoms with E-state index in [1.54, 1.807) is 19.9 Å². The van der Waals surface area contributed by atoms with Crippen molar-refractivity contribution < 1.29 is 14.5 Å². The first-order chi connectivity index (χ1) is 15.8. The van der Waals surface area contributed by atoms with Gasteiger partial charge in [0.2, 0.25) is 5.13 Å². The fourth-order valence-corrected chi connectivity index (χ4v) is 4.28. The molecule has 10 nitrogen and oxygen atoms in total. The second-order valence-corrected chi connectivity index (χ2v) is 8.26. The standard InChI is InChI=1S/C22H19N5O5S/c1-12-8-9-14(27(30)31)10-16(12)23-13(2)20-17(11-19(28)32-3)25-26(21(20)29)22-24-15-6-4-5-7-18(15)33-22/h4-10,25H,11H2,1-3H3. The highest BCUT2D eigenvalue weighted by atomic mass is 32.1. The molecule has 0 aliphatic carbocycles. The zero-order valence-corrected chi connectivity index (χ0v) is 18.8. The first-order valence-electron chi connectivity index (χ1n) is 9.86. The number of aryl methyl sites for hydroxylation is 1. The first kappa shape index (κ1) is 22.1. The van der Waals surface area contributed by atoms with Crippen LogP contribution in [0.1, 0.15) is 23.7 Å². The van der Waals surface area contributed by atoms with Gasteiger partial charge in [-0.1, -0.05) is 29.5 Å². The van der Waals surface area contributed by atoms with Crippen LogP contribution in [0.3, 0.4) is 0 Å². The molecule has 0 aliphatic heterocycles.